The predicted molar refractivity (Wildman–Crippen MR) is 72.6 cm³/mol. The van der Waals surface area contributed by atoms with Crippen molar-refractivity contribution < 1.29 is 19.0 Å². The molecule has 3 rings (SSSR count). The van der Waals surface area contributed by atoms with Crippen molar-refractivity contribution in [2.24, 2.45) is 0 Å². The molecule has 0 unspecified atom stereocenters. The largest absolute Gasteiger partial charge is 0.476 e. The highest BCUT2D eigenvalue weighted by Crippen LogP contribution is 2.20. The van der Waals surface area contributed by atoms with Crippen LogP contribution in [0, 0.1) is 5.82 Å². The van der Waals surface area contributed by atoms with Crippen LogP contribution < -0.4 is 4.74 Å². The SMILES string of the molecule is O=C(O)c1ccn(-c2cc(Oc3ccc(F)cc3)ncn2)n1. The molecule has 8 heteroatoms. The second kappa shape index (κ2) is 5.60. The lowest BCUT2D eigenvalue weighted by Gasteiger charge is -2.06. The minimum Gasteiger partial charge on any atom is -0.476 e. The Bertz CT molecular complexity index is 817. The van der Waals surface area contributed by atoms with Crippen molar-refractivity contribution in [2.45, 2.75) is 0 Å². The first-order chi connectivity index (χ1) is 10.6. The van der Waals surface area contributed by atoms with E-state index in [1.54, 1.807) is 0 Å². The summed E-state index contributed by atoms with van der Waals surface area (Å²) in [7, 11) is 0. The first kappa shape index (κ1) is 13.7. The van der Waals surface area contributed by atoms with Gasteiger partial charge in [0.05, 0.1) is 0 Å². The van der Waals surface area contributed by atoms with E-state index in [1.807, 2.05) is 0 Å². The van der Waals surface area contributed by atoms with Crippen LogP contribution in [0.25, 0.3) is 5.82 Å². The van der Waals surface area contributed by atoms with Gasteiger partial charge >= 0.3 is 5.97 Å². The first-order valence-corrected chi connectivity index (χ1v) is 6.16. The Balaban J connectivity index is 1.85. The van der Waals surface area contributed by atoms with Crippen LogP contribution in [0.4, 0.5) is 4.39 Å². The standard InChI is InChI=1S/C14H9FN4O3/c15-9-1-3-10(4-2-9)22-13-7-12(16-8-17-13)19-6-5-11(18-19)14(20)21/h1-8H,(H,20,21). The Hall–Kier alpha value is -3.29. The quantitative estimate of drug-likeness (QED) is 0.795. The van der Waals surface area contributed by atoms with Crippen LogP contribution in [0.15, 0.2) is 48.9 Å². The molecular weight excluding hydrogens is 291 g/mol. The van der Waals surface area contributed by atoms with Crippen molar-refractivity contribution in [3.8, 4) is 17.4 Å². The molecule has 0 saturated heterocycles. The molecule has 1 N–H and O–H groups in total. The van der Waals surface area contributed by atoms with Gasteiger partial charge in [-0.3, -0.25) is 0 Å². The summed E-state index contributed by atoms with van der Waals surface area (Å²) in [5.74, 6) is -0.509. The maximum Gasteiger partial charge on any atom is 0.356 e. The second-order valence-corrected chi connectivity index (χ2v) is 4.22. The summed E-state index contributed by atoms with van der Waals surface area (Å²) >= 11 is 0. The normalized spacial score (nSPS) is 10.4. The Labute approximate surface area is 123 Å². The monoisotopic (exact) mass is 300 g/mol. The smallest absolute Gasteiger partial charge is 0.356 e. The predicted octanol–water partition coefficient (Wildman–Crippen LogP) is 2.29. The number of carbonyl (C=O) groups is 1. The Morgan fingerprint density at radius 3 is 2.64 bits per heavy atom. The lowest BCUT2D eigenvalue weighted by atomic mass is 10.3. The van der Waals surface area contributed by atoms with Gasteiger partial charge in [0.2, 0.25) is 5.88 Å². The number of benzene rings is 1. The first-order valence-electron chi connectivity index (χ1n) is 6.16. The number of hydrogen-bond acceptors (Lipinski definition) is 5. The van der Waals surface area contributed by atoms with E-state index in [0.717, 1.165) is 0 Å². The number of hydrogen-bond donors (Lipinski definition) is 1. The Morgan fingerprint density at radius 2 is 1.95 bits per heavy atom. The molecule has 0 saturated carbocycles. The molecule has 110 valence electrons. The number of aromatic carboxylic acids is 1. The average molecular weight is 300 g/mol. The maximum absolute atomic E-state index is 12.8. The van der Waals surface area contributed by atoms with Crippen LogP contribution in [0.3, 0.4) is 0 Å². The fourth-order valence-electron chi connectivity index (χ4n) is 1.70. The summed E-state index contributed by atoms with van der Waals surface area (Å²) in [6.07, 6.45) is 2.73. The fraction of sp³-hybridized carbons (Fsp3) is 0. The van der Waals surface area contributed by atoms with E-state index >= 15 is 0 Å². The molecule has 0 fully saturated rings. The molecule has 0 spiro atoms. The lowest BCUT2D eigenvalue weighted by molar-refractivity contribution is 0.0690. The van der Waals surface area contributed by atoms with Crippen LogP contribution >= 0.6 is 0 Å². The Kier molecular flexibility index (Phi) is 3.48. The van der Waals surface area contributed by atoms with Gasteiger partial charge in [-0.2, -0.15) is 5.10 Å². The zero-order valence-corrected chi connectivity index (χ0v) is 11.0. The van der Waals surface area contributed by atoms with Gasteiger partial charge in [-0.05, 0) is 30.3 Å². The van der Waals surface area contributed by atoms with Crippen molar-refractivity contribution in [2.75, 3.05) is 0 Å². The van der Waals surface area contributed by atoms with E-state index in [0.29, 0.717) is 11.6 Å². The average Bonchev–Trinajstić information content (AvgIpc) is 3.00. The zero-order valence-electron chi connectivity index (χ0n) is 11.0. The maximum atomic E-state index is 12.8. The summed E-state index contributed by atoms with van der Waals surface area (Å²) in [6, 6.07) is 8.31. The summed E-state index contributed by atoms with van der Waals surface area (Å²) in [6.45, 7) is 0. The highest BCUT2D eigenvalue weighted by atomic mass is 19.1. The van der Waals surface area contributed by atoms with Crippen LogP contribution in [0.2, 0.25) is 0 Å². The molecule has 2 aromatic heterocycles. The fourth-order valence-corrected chi connectivity index (χ4v) is 1.70. The van der Waals surface area contributed by atoms with Gasteiger partial charge in [-0.15, -0.1) is 0 Å². The number of ether oxygens (including phenoxy) is 1. The number of nitrogens with zero attached hydrogens (tertiary/aromatic N) is 4. The van der Waals surface area contributed by atoms with E-state index in [2.05, 4.69) is 15.1 Å². The zero-order chi connectivity index (χ0) is 15.5. The van der Waals surface area contributed by atoms with Gasteiger partial charge in [-0.1, -0.05) is 0 Å². The Morgan fingerprint density at radius 1 is 1.18 bits per heavy atom. The van der Waals surface area contributed by atoms with Gasteiger partial charge in [0.1, 0.15) is 17.9 Å². The molecule has 0 aliphatic heterocycles. The summed E-state index contributed by atoms with van der Waals surface area (Å²) < 4.78 is 19.6. The van der Waals surface area contributed by atoms with Crippen molar-refractivity contribution in [3.63, 3.8) is 0 Å². The number of rotatable bonds is 4. The van der Waals surface area contributed by atoms with E-state index in [4.69, 9.17) is 9.84 Å². The van der Waals surface area contributed by atoms with Gasteiger partial charge < -0.3 is 9.84 Å². The molecule has 2 heterocycles. The van der Waals surface area contributed by atoms with Crippen LogP contribution in [-0.2, 0) is 0 Å². The lowest BCUT2D eigenvalue weighted by Crippen LogP contribution is -2.03. The van der Waals surface area contributed by atoms with Gasteiger partial charge in [0, 0.05) is 12.3 Å². The van der Waals surface area contributed by atoms with Crippen molar-refractivity contribution in [1.29, 1.82) is 0 Å². The summed E-state index contributed by atoms with van der Waals surface area (Å²) in [5.41, 5.74) is -0.0976. The summed E-state index contributed by atoms with van der Waals surface area (Å²) in [4.78, 5) is 18.8. The molecule has 0 aliphatic carbocycles. The van der Waals surface area contributed by atoms with Gasteiger partial charge in [0.25, 0.3) is 0 Å². The molecule has 22 heavy (non-hydrogen) atoms. The third-order valence-corrected chi connectivity index (χ3v) is 2.71. The molecule has 0 aliphatic rings. The van der Waals surface area contributed by atoms with E-state index in [1.165, 1.54) is 53.6 Å². The van der Waals surface area contributed by atoms with E-state index in [9.17, 15) is 9.18 Å². The van der Waals surface area contributed by atoms with Crippen LogP contribution in [0.5, 0.6) is 11.6 Å². The van der Waals surface area contributed by atoms with E-state index in [-0.39, 0.29) is 17.4 Å². The molecule has 0 atom stereocenters. The van der Waals surface area contributed by atoms with Crippen LogP contribution in [0.1, 0.15) is 10.5 Å². The van der Waals surface area contributed by atoms with Gasteiger partial charge in [-0.25, -0.2) is 23.8 Å². The van der Waals surface area contributed by atoms with Crippen LogP contribution in [-0.4, -0.2) is 30.8 Å². The van der Waals surface area contributed by atoms with Crippen molar-refractivity contribution in [3.05, 3.63) is 60.4 Å². The molecular formula is C14H9FN4O3. The van der Waals surface area contributed by atoms with E-state index < -0.39 is 5.97 Å². The summed E-state index contributed by atoms with van der Waals surface area (Å²) in [5, 5.41) is 12.7. The molecule has 0 bridgehead atoms. The van der Waals surface area contributed by atoms with Gasteiger partial charge in [0.15, 0.2) is 11.5 Å². The number of carboxylic acids is 1. The minimum atomic E-state index is -1.13. The van der Waals surface area contributed by atoms with Crippen molar-refractivity contribution in [1.82, 2.24) is 19.7 Å². The second-order valence-electron chi connectivity index (χ2n) is 4.22. The highest BCUT2D eigenvalue weighted by molar-refractivity contribution is 5.85. The molecule has 0 radical (unpaired) electrons. The highest BCUT2D eigenvalue weighted by Gasteiger charge is 2.09. The topological polar surface area (TPSA) is 90.1 Å². The minimum absolute atomic E-state index is 0.0976. The molecule has 1 aromatic carbocycles. The number of halogens is 1. The van der Waals surface area contributed by atoms with Crippen molar-refractivity contribution >= 4 is 5.97 Å². The molecule has 0 amide bonds. The third kappa shape index (κ3) is 2.90. The molecule has 7 nitrogen and oxygen atoms in total. The third-order valence-electron chi connectivity index (χ3n) is 2.71. The number of carboxylic acid groups (broad SMARTS) is 1. The number of aromatic nitrogens is 4. The molecule has 3 aromatic rings.